The van der Waals surface area contributed by atoms with Gasteiger partial charge in [0, 0.05) is 38.3 Å². The van der Waals surface area contributed by atoms with Crippen LogP contribution in [0.3, 0.4) is 0 Å². The highest BCUT2D eigenvalue weighted by molar-refractivity contribution is 5.88. The predicted molar refractivity (Wildman–Crippen MR) is 86.4 cm³/mol. The van der Waals surface area contributed by atoms with E-state index in [1.54, 1.807) is 6.07 Å². The van der Waals surface area contributed by atoms with Crippen molar-refractivity contribution in [3.05, 3.63) is 11.8 Å². The molecule has 1 aromatic heterocycles. The van der Waals surface area contributed by atoms with Crippen molar-refractivity contribution in [2.24, 2.45) is 0 Å². The highest BCUT2D eigenvalue weighted by Gasteiger charge is 2.32. The van der Waals surface area contributed by atoms with E-state index in [-0.39, 0.29) is 24.3 Å². The number of carbonyl (C=O) groups excluding carboxylic acids is 1. The van der Waals surface area contributed by atoms with Gasteiger partial charge in [0.15, 0.2) is 5.82 Å². The number of hydrogen-bond donors (Lipinski definition) is 1. The van der Waals surface area contributed by atoms with Crippen LogP contribution in [0, 0.1) is 6.92 Å². The maximum atomic E-state index is 12.5. The number of amides is 2. The number of aryl methyl sites for hydroxylation is 1. The fraction of sp³-hybridized carbons (Fsp3) is 0.750. The number of ether oxygens (including phenoxy) is 1. The van der Waals surface area contributed by atoms with E-state index in [0.29, 0.717) is 11.6 Å². The summed E-state index contributed by atoms with van der Waals surface area (Å²) in [5.41, 5.74) is 0. The zero-order valence-corrected chi connectivity index (χ0v) is 14.1. The van der Waals surface area contributed by atoms with E-state index in [0.717, 1.165) is 39.0 Å². The zero-order valence-electron chi connectivity index (χ0n) is 14.1. The Labute approximate surface area is 136 Å². The second-order valence-corrected chi connectivity index (χ2v) is 6.72. The summed E-state index contributed by atoms with van der Waals surface area (Å²) in [6, 6.07) is 1.89. The Morgan fingerprint density at radius 3 is 2.78 bits per heavy atom. The number of nitrogens with zero attached hydrogens (tertiary/aromatic N) is 3. The fourth-order valence-corrected chi connectivity index (χ4v) is 3.63. The predicted octanol–water partition coefficient (Wildman–Crippen LogP) is 2.09. The molecule has 3 atom stereocenters. The molecule has 3 heterocycles. The lowest BCUT2D eigenvalue weighted by molar-refractivity contribution is -0.0712. The molecule has 1 aromatic rings. The first-order valence-corrected chi connectivity index (χ1v) is 8.40. The maximum Gasteiger partial charge on any atom is 0.323 e. The Kier molecular flexibility index (Phi) is 4.87. The van der Waals surface area contributed by atoms with E-state index in [1.807, 2.05) is 11.8 Å². The van der Waals surface area contributed by atoms with Crippen molar-refractivity contribution >= 4 is 11.8 Å². The lowest BCUT2D eigenvalue weighted by Crippen LogP contribution is -2.51. The van der Waals surface area contributed by atoms with Crippen LogP contribution in [0.4, 0.5) is 10.6 Å². The van der Waals surface area contributed by atoms with Crippen LogP contribution < -0.4 is 5.32 Å². The van der Waals surface area contributed by atoms with Crippen LogP contribution in [0.1, 0.15) is 32.4 Å². The topological polar surface area (TPSA) is 70.8 Å². The largest absolute Gasteiger partial charge is 0.373 e. The van der Waals surface area contributed by atoms with Gasteiger partial charge in [0.1, 0.15) is 5.76 Å². The monoisotopic (exact) mass is 322 g/mol. The molecule has 0 aromatic carbocycles. The molecule has 0 unspecified atom stereocenters. The van der Waals surface area contributed by atoms with Crippen molar-refractivity contribution in [3.63, 3.8) is 0 Å². The number of likely N-dealkylation sites (tertiary alicyclic amines) is 1. The number of rotatable bonds is 3. The molecule has 0 bridgehead atoms. The van der Waals surface area contributed by atoms with Crippen LogP contribution in [-0.2, 0) is 4.74 Å². The number of aromatic nitrogens is 1. The van der Waals surface area contributed by atoms with Gasteiger partial charge in [-0.25, -0.2) is 4.79 Å². The van der Waals surface area contributed by atoms with E-state index < -0.39 is 0 Å². The highest BCUT2D eigenvalue weighted by atomic mass is 16.5. The Morgan fingerprint density at radius 1 is 1.39 bits per heavy atom. The molecular weight excluding hydrogens is 296 g/mol. The molecule has 2 amide bonds. The van der Waals surface area contributed by atoms with Gasteiger partial charge >= 0.3 is 6.03 Å². The summed E-state index contributed by atoms with van der Waals surface area (Å²) >= 11 is 0. The van der Waals surface area contributed by atoms with Crippen LogP contribution >= 0.6 is 0 Å². The van der Waals surface area contributed by atoms with E-state index in [9.17, 15) is 4.79 Å². The summed E-state index contributed by atoms with van der Waals surface area (Å²) in [5.74, 6) is 1.17. The third-order valence-corrected chi connectivity index (χ3v) is 4.47. The summed E-state index contributed by atoms with van der Waals surface area (Å²) in [7, 11) is 0. The van der Waals surface area contributed by atoms with E-state index in [2.05, 4.69) is 29.2 Å². The third-order valence-electron chi connectivity index (χ3n) is 4.47. The summed E-state index contributed by atoms with van der Waals surface area (Å²) in [6.07, 6.45) is 2.59. The molecule has 7 nitrogen and oxygen atoms in total. The summed E-state index contributed by atoms with van der Waals surface area (Å²) in [6.45, 7) is 9.58. The molecule has 2 aliphatic rings. The summed E-state index contributed by atoms with van der Waals surface area (Å²) < 4.78 is 10.8. The van der Waals surface area contributed by atoms with Crippen LogP contribution in [0.2, 0.25) is 0 Å². The molecule has 0 radical (unpaired) electrons. The number of anilines is 1. The minimum Gasteiger partial charge on any atom is -0.373 e. The molecule has 0 spiro atoms. The molecule has 128 valence electrons. The van der Waals surface area contributed by atoms with Crippen molar-refractivity contribution in [3.8, 4) is 0 Å². The van der Waals surface area contributed by atoms with Crippen LogP contribution in [0.25, 0.3) is 0 Å². The maximum absolute atomic E-state index is 12.5. The lowest BCUT2D eigenvalue weighted by Gasteiger charge is -2.38. The van der Waals surface area contributed by atoms with Gasteiger partial charge in [-0.3, -0.25) is 10.2 Å². The van der Waals surface area contributed by atoms with Crippen molar-refractivity contribution in [1.82, 2.24) is 15.0 Å². The standard InChI is InChI=1S/C16H26N4O3/c1-11-7-15(18-23-11)17-16(21)20-6-4-5-14(20)10-19-8-12(2)22-13(3)9-19/h7,12-14H,4-6,8-10H2,1-3H3,(H,17,18,21)/t12-,13+,14-/m1/s1. The van der Waals surface area contributed by atoms with Gasteiger partial charge in [0.25, 0.3) is 0 Å². The Balaban J connectivity index is 1.57. The average molecular weight is 322 g/mol. The SMILES string of the molecule is Cc1cc(NC(=O)N2CCC[C@@H]2CN2C[C@@H](C)O[C@@H](C)C2)no1. The van der Waals surface area contributed by atoms with Crippen molar-refractivity contribution in [1.29, 1.82) is 0 Å². The molecule has 7 heteroatoms. The first-order chi connectivity index (χ1) is 11.0. The van der Waals surface area contributed by atoms with Crippen molar-refractivity contribution in [2.75, 3.05) is 31.5 Å². The average Bonchev–Trinajstić information content (AvgIpc) is 3.07. The van der Waals surface area contributed by atoms with Crippen LogP contribution in [0.5, 0.6) is 0 Å². The number of nitrogens with one attached hydrogen (secondary N) is 1. The van der Waals surface area contributed by atoms with E-state index in [4.69, 9.17) is 9.26 Å². The number of urea groups is 1. The van der Waals surface area contributed by atoms with E-state index >= 15 is 0 Å². The first kappa shape index (κ1) is 16.3. The number of carbonyl (C=O) groups is 1. The molecule has 3 rings (SSSR count). The molecule has 0 saturated carbocycles. The van der Waals surface area contributed by atoms with Gasteiger partial charge in [-0.15, -0.1) is 0 Å². The summed E-state index contributed by atoms with van der Waals surface area (Å²) in [4.78, 5) is 16.8. The van der Waals surface area contributed by atoms with Crippen LogP contribution in [0.15, 0.2) is 10.6 Å². The smallest absolute Gasteiger partial charge is 0.323 e. The molecule has 2 saturated heterocycles. The zero-order chi connectivity index (χ0) is 16.4. The molecule has 23 heavy (non-hydrogen) atoms. The van der Waals surface area contributed by atoms with Crippen molar-refractivity contribution in [2.45, 2.75) is 51.9 Å². The fourth-order valence-electron chi connectivity index (χ4n) is 3.63. The van der Waals surface area contributed by atoms with Gasteiger partial charge in [-0.1, -0.05) is 5.16 Å². The second kappa shape index (κ2) is 6.88. The van der Waals surface area contributed by atoms with Gasteiger partial charge < -0.3 is 14.2 Å². The quantitative estimate of drug-likeness (QED) is 0.922. The minimum absolute atomic E-state index is 0.0878. The van der Waals surface area contributed by atoms with E-state index in [1.165, 1.54) is 0 Å². The number of hydrogen-bond acceptors (Lipinski definition) is 5. The molecule has 2 aliphatic heterocycles. The molecule has 0 aliphatic carbocycles. The second-order valence-electron chi connectivity index (χ2n) is 6.72. The van der Waals surface area contributed by atoms with Gasteiger partial charge in [-0.05, 0) is 33.6 Å². The lowest BCUT2D eigenvalue weighted by atomic mass is 10.1. The van der Waals surface area contributed by atoms with Gasteiger partial charge in [0.2, 0.25) is 0 Å². The Bertz CT molecular complexity index is 537. The molecular formula is C16H26N4O3. The highest BCUT2D eigenvalue weighted by Crippen LogP contribution is 2.21. The molecule has 2 fully saturated rings. The summed E-state index contributed by atoms with van der Waals surface area (Å²) in [5, 5.41) is 6.66. The third kappa shape index (κ3) is 4.03. The van der Waals surface area contributed by atoms with Crippen LogP contribution in [-0.4, -0.2) is 65.4 Å². The van der Waals surface area contributed by atoms with Gasteiger partial charge in [-0.2, -0.15) is 0 Å². The van der Waals surface area contributed by atoms with Crippen molar-refractivity contribution < 1.29 is 14.1 Å². The first-order valence-electron chi connectivity index (χ1n) is 8.40. The number of morpholine rings is 1. The van der Waals surface area contributed by atoms with Gasteiger partial charge in [0.05, 0.1) is 12.2 Å². The minimum atomic E-state index is -0.0878. The molecule has 1 N–H and O–H groups in total. The Hall–Kier alpha value is -1.60. The normalized spacial score (nSPS) is 29.0. The Morgan fingerprint density at radius 2 is 2.13 bits per heavy atom.